The van der Waals surface area contributed by atoms with Crippen molar-refractivity contribution in [3.05, 3.63) is 30.0 Å². The van der Waals surface area contributed by atoms with Gasteiger partial charge in [0.15, 0.2) is 6.29 Å². The lowest BCUT2D eigenvalue weighted by Gasteiger charge is -1.98. The summed E-state index contributed by atoms with van der Waals surface area (Å²) in [7, 11) is 0. The second-order valence-electron chi connectivity index (χ2n) is 2.63. The summed E-state index contributed by atoms with van der Waals surface area (Å²) in [4.78, 5) is 13.5. The van der Waals surface area contributed by atoms with Gasteiger partial charge >= 0.3 is 0 Å². The second kappa shape index (κ2) is 2.37. The molecular weight excluding hydrogens is 152 g/mol. The number of aldehydes is 1. The van der Waals surface area contributed by atoms with Crippen molar-refractivity contribution in [2.24, 2.45) is 0 Å². The molecule has 0 radical (unpaired) electrons. The number of benzene rings is 1. The first-order valence-electron chi connectivity index (χ1n) is 3.63. The summed E-state index contributed by atoms with van der Waals surface area (Å²) in [5.41, 5.74) is 7.60. The smallest absolute Gasteiger partial charge is 0.152 e. The van der Waals surface area contributed by atoms with E-state index in [0.29, 0.717) is 11.3 Å². The number of nitrogens with one attached hydrogen (secondary N) is 1. The molecule has 1 aromatic heterocycles. The van der Waals surface area contributed by atoms with E-state index < -0.39 is 0 Å². The number of nitrogens with two attached hydrogens (primary N) is 1. The zero-order valence-electron chi connectivity index (χ0n) is 6.37. The number of carbonyl (C=O) groups excluding carboxylic acids is 1. The quantitative estimate of drug-likeness (QED) is 0.491. The molecule has 3 heteroatoms. The first-order chi connectivity index (χ1) is 5.83. The monoisotopic (exact) mass is 160 g/mol. The number of H-pyrrole nitrogens is 1. The fourth-order valence-corrected chi connectivity index (χ4v) is 1.27. The van der Waals surface area contributed by atoms with Gasteiger partial charge in [-0.25, -0.2) is 0 Å². The summed E-state index contributed by atoms with van der Waals surface area (Å²) < 4.78 is 0. The maximum absolute atomic E-state index is 10.5. The van der Waals surface area contributed by atoms with Crippen LogP contribution >= 0.6 is 0 Å². The van der Waals surface area contributed by atoms with Crippen molar-refractivity contribution >= 4 is 22.9 Å². The van der Waals surface area contributed by atoms with E-state index in [0.717, 1.165) is 17.2 Å². The van der Waals surface area contributed by atoms with E-state index in [1.54, 1.807) is 12.3 Å². The fourth-order valence-electron chi connectivity index (χ4n) is 1.27. The van der Waals surface area contributed by atoms with Crippen LogP contribution in [0.25, 0.3) is 10.9 Å². The van der Waals surface area contributed by atoms with E-state index in [1.165, 1.54) is 0 Å². The van der Waals surface area contributed by atoms with Crippen LogP contribution in [0.3, 0.4) is 0 Å². The van der Waals surface area contributed by atoms with Gasteiger partial charge in [0.25, 0.3) is 0 Å². The van der Waals surface area contributed by atoms with Gasteiger partial charge in [-0.15, -0.1) is 0 Å². The molecule has 3 nitrogen and oxygen atoms in total. The summed E-state index contributed by atoms with van der Waals surface area (Å²) in [5, 5.41) is 1.03. The Labute approximate surface area is 69.2 Å². The second-order valence-corrected chi connectivity index (χ2v) is 2.63. The Kier molecular flexibility index (Phi) is 1.37. The fraction of sp³-hybridized carbons (Fsp3) is 0. The van der Waals surface area contributed by atoms with E-state index in [4.69, 9.17) is 5.73 Å². The number of fused-ring (bicyclic) bond motifs is 1. The molecule has 0 saturated heterocycles. The van der Waals surface area contributed by atoms with E-state index in [1.807, 2.05) is 12.1 Å². The van der Waals surface area contributed by atoms with Gasteiger partial charge in [-0.2, -0.15) is 0 Å². The molecule has 2 rings (SSSR count). The van der Waals surface area contributed by atoms with E-state index >= 15 is 0 Å². The minimum Gasteiger partial charge on any atom is -0.396 e. The van der Waals surface area contributed by atoms with Crippen molar-refractivity contribution in [1.82, 2.24) is 4.98 Å². The normalized spacial score (nSPS) is 10.3. The Bertz CT molecular complexity index is 431. The molecule has 0 aliphatic carbocycles. The maximum Gasteiger partial charge on any atom is 0.152 e. The predicted octanol–water partition coefficient (Wildman–Crippen LogP) is 1.56. The van der Waals surface area contributed by atoms with Gasteiger partial charge in [-0.05, 0) is 12.1 Å². The van der Waals surface area contributed by atoms with Crippen LogP contribution in [0.15, 0.2) is 24.4 Å². The molecule has 0 fully saturated rings. The summed E-state index contributed by atoms with van der Waals surface area (Å²) in [6, 6.07) is 5.50. The zero-order chi connectivity index (χ0) is 8.55. The van der Waals surface area contributed by atoms with Crippen LogP contribution in [0.4, 0.5) is 5.69 Å². The average Bonchev–Trinajstić information content (AvgIpc) is 2.53. The maximum atomic E-state index is 10.5. The van der Waals surface area contributed by atoms with Crippen LogP contribution in [0.5, 0.6) is 0 Å². The molecule has 0 bridgehead atoms. The molecule has 1 aromatic carbocycles. The van der Waals surface area contributed by atoms with E-state index in [-0.39, 0.29) is 0 Å². The molecular formula is C9H8N2O. The molecule has 0 aliphatic rings. The number of aromatic nitrogens is 1. The number of carbonyl (C=O) groups is 1. The van der Waals surface area contributed by atoms with Crippen LogP contribution < -0.4 is 5.73 Å². The van der Waals surface area contributed by atoms with Crippen molar-refractivity contribution in [1.29, 1.82) is 0 Å². The summed E-state index contributed by atoms with van der Waals surface area (Å²) >= 11 is 0. The first-order valence-corrected chi connectivity index (χ1v) is 3.63. The van der Waals surface area contributed by atoms with Gasteiger partial charge in [0, 0.05) is 17.1 Å². The van der Waals surface area contributed by atoms with Crippen LogP contribution in [-0.4, -0.2) is 11.3 Å². The number of nitrogen functional groups attached to an aromatic ring is 1. The number of hydrogen-bond donors (Lipinski definition) is 2. The van der Waals surface area contributed by atoms with Crippen molar-refractivity contribution in [2.75, 3.05) is 5.73 Å². The third-order valence-corrected chi connectivity index (χ3v) is 1.93. The molecule has 0 spiro atoms. The lowest BCUT2D eigenvalue weighted by atomic mass is 10.1. The SMILES string of the molecule is Nc1c(C=O)ccc2cc[nH]c12. The van der Waals surface area contributed by atoms with Gasteiger partial charge in [0.2, 0.25) is 0 Å². The Morgan fingerprint density at radius 2 is 2.17 bits per heavy atom. The molecule has 0 aliphatic heterocycles. The Morgan fingerprint density at radius 1 is 1.33 bits per heavy atom. The van der Waals surface area contributed by atoms with Crippen LogP contribution in [0.1, 0.15) is 10.4 Å². The first kappa shape index (κ1) is 6.91. The number of hydrogen-bond acceptors (Lipinski definition) is 2. The van der Waals surface area contributed by atoms with Crippen molar-refractivity contribution in [2.45, 2.75) is 0 Å². The van der Waals surface area contributed by atoms with Gasteiger partial charge in [0.1, 0.15) is 0 Å². The summed E-state index contributed by atoms with van der Waals surface area (Å²) in [6.45, 7) is 0. The molecule has 0 atom stereocenters. The minimum absolute atomic E-state index is 0.521. The zero-order valence-corrected chi connectivity index (χ0v) is 6.37. The van der Waals surface area contributed by atoms with Gasteiger partial charge < -0.3 is 10.7 Å². The Balaban J connectivity index is 2.86. The number of rotatable bonds is 1. The largest absolute Gasteiger partial charge is 0.396 e. The lowest BCUT2D eigenvalue weighted by Crippen LogP contribution is -1.93. The van der Waals surface area contributed by atoms with Crippen molar-refractivity contribution < 1.29 is 4.79 Å². The molecule has 1 heterocycles. The molecule has 3 N–H and O–H groups in total. The predicted molar refractivity (Wildman–Crippen MR) is 48.1 cm³/mol. The molecule has 0 saturated carbocycles. The molecule has 0 unspecified atom stereocenters. The lowest BCUT2D eigenvalue weighted by molar-refractivity contribution is 0.112. The third-order valence-electron chi connectivity index (χ3n) is 1.93. The number of anilines is 1. The van der Waals surface area contributed by atoms with Crippen molar-refractivity contribution in [3.63, 3.8) is 0 Å². The third kappa shape index (κ3) is 0.797. The van der Waals surface area contributed by atoms with Crippen molar-refractivity contribution in [3.8, 4) is 0 Å². The topological polar surface area (TPSA) is 58.9 Å². The Hall–Kier alpha value is -1.77. The summed E-state index contributed by atoms with van der Waals surface area (Å²) in [5.74, 6) is 0. The minimum atomic E-state index is 0.521. The molecule has 0 amide bonds. The van der Waals surface area contributed by atoms with Gasteiger partial charge in [0.05, 0.1) is 11.2 Å². The van der Waals surface area contributed by atoms with Gasteiger partial charge in [-0.1, -0.05) is 6.07 Å². The van der Waals surface area contributed by atoms with E-state index in [9.17, 15) is 4.79 Å². The molecule has 2 aromatic rings. The summed E-state index contributed by atoms with van der Waals surface area (Å²) in [6.07, 6.45) is 2.56. The average molecular weight is 160 g/mol. The van der Waals surface area contributed by atoms with Crippen LogP contribution in [-0.2, 0) is 0 Å². The molecule has 60 valence electrons. The standard InChI is InChI=1S/C9H8N2O/c10-8-7(5-12)2-1-6-3-4-11-9(6)8/h1-5,11H,10H2. The highest BCUT2D eigenvalue weighted by atomic mass is 16.1. The van der Waals surface area contributed by atoms with Crippen LogP contribution in [0, 0.1) is 0 Å². The van der Waals surface area contributed by atoms with Gasteiger partial charge in [-0.3, -0.25) is 4.79 Å². The number of aromatic amines is 1. The Morgan fingerprint density at radius 3 is 2.92 bits per heavy atom. The molecule has 12 heavy (non-hydrogen) atoms. The van der Waals surface area contributed by atoms with E-state index in [2.05, 4.69) is 4.98 Å². The highest BCUT2D eigenvalue weighted by molar-refractivity contribution is 5.99. The highest BCUT2D eigenvalue weighted by Gasteiger charge is 2.02. The highest BCUT2D eigenvalue weighted by Crippen LogP contribution is 2.21. The van der Waals surface area contributed by atoms with Crippen LogP contribution in [0.2, 0.25) is 0 Å².